The maximum atomic E-state index is 12.5. The van der Waals surface area contributed by atoms with Crippen LogP contribution in [0.4, 0.5) is 8.78 Å². The lowest BCUT2D eigenvalue weighted by Crippen LogP contribution is -2.54. The maximum absolute atomic E-state index is 12.5. The number of β-amino-alcohol motifs (C(OH)–C–C–N with tert-alkyl or cyclic N) is 1. The van der Waals surface area contributed by atoms with Crippen molar-refractivity contribution in [3.63, 3.8) is 0 Å². The second-order valence-electron chi connectivity index (χ2n) is 4.17. The average molecular weight is 223 g/mol. The van der Waals surface area contributed by atoms with Crippen molar-refractivity contribution in [1.29, 1.82) is 0 Å². The number of piperidine rings is 1. The van der Waals surface area contributed by atoms with E-state index in [9.17, 15) is 19.0 Å². The van der Waals surface area contributed by atoms with Crippen molar-refractivity contribution in [2.24, 2.45) is 5.92 Å². The first-order valence-corrected chi connectivity index (χ1v) is 5.43. The number of likely N-dealkylation sites (tertiary alicyclic amines) is 1. The number of halogens is 2. The quantitative estimate of drug-likeness (QED) is 0.737. The third-order valence-electron chi connectivity index (χ3n) is 2.90. The Morgan fingerprint density at radius 3 is 2.53 bits per heavy atom. The highest BCUT2D eigenvalue weighted by Gasteiger charge is 2.39. The van der Waals surface area contributed by atoms with E-state index in [1.54, 1.807) is 4.90 Å². The molecule has 2 N–H and O–H groups in total. The summed E-state index contributed by atoms with van der Waals surface area (Å²) >= 11 is 0. The van der Waals surface area contributed by atoms with Crippen molar-refractivity contribution in [1.82, 2.24) is 4.90 Å². The Morgan fingerprint density at radius 1 is 1.33 bits per heavy atom. The molecule has 0 aromatic carbocycles. The Morgan fingerprint density at radius 2 is 2.00 bits per heavy atom. The predicted molar refractivity (Wildman–Crippen MR) is 52.9 cm³/mol. The summed E-state index contributed by atoms with van der Waals surface area (Å²) in [6, 6.07) is 0. The molecule has 3 atom stereocenters. The number of aliphatic hydroxyl groups excluding tert-OH is 2. The van der Waals surface area contributed by atoms with Crippen LogP contribution in [0.5, 0.6) is 0 Å². The molecule has 1 aliphatic heterocycles. The minimum absolute atomic E-state index is 0.176. The van der Waals surface area contributed by atoms with E-state index in [4.69, 9.17) is 0 Å². The zero-order chi connectivity index (χ0) is 11.4. The Kier molecular flexibility index (Phi) is 4.89. The molecule has 1 unspecified atom stereocenters. The van der Waals surface area contributed by atoms with E-state index in [0.717, 1.165) is 12.8 Å². The van der Waals surface area contributed by atoms with Crippen LogP contribution in [0.2, 0.25) is 0 Å². The molecule has 1 saturated heterocycles. The summed E-state index contributed by atoms with van der Waals surface area (Å²) in [6.07, 6.45) is -2.98. The highest BCUT2D eigenvalue weighted by molar-refractivity contribution is 4.87. The molecule has 0 spiro atoms. The Balaban J connectivity index is 2.50. The summed E-state index contributed by atoms with van der Waals surface area (Å²) in [5.41, 5.74) is 0. The molecular formula is C10H19F2NO2. The van der Waals surface area contributed by atoms with Crippen LogP contribution in [0.25, 0.3) is 0 Å². The zero-order valence-electron chi connectivity index (χ0n) is 8.94. The van der Waals surface area contributed by atoms with E-state index in [1.807, 2.05) is 6.92 Å². The maximum Gasteiger partial charge on any atom is 0.245 e. The molecule has 0 amide bonds. The van der Waals surface area contributed by atoms with Crippen molar-refractivity contribution in [2.45, 2.75) is 38.4 Å². The van der Waals surface area contributed by atoms with Crippen molar-refractivity contribution in [3.05, 3.63) is 0 Å². The SMILES string of the molecule is CCCCN1CC(O)[C@H](O)[C@@H](C(F)F)C1. The molecule has 1 aliphatic rings. The van der Waals surface area contributed by atoms with Gasteiger partial charge in [0, 0.05) is 13.1 Å². The van der Waals surface area contributed by atoms with Crippen LogP contribution in [-0.2, 0) is 0 Å². The van der Waals surface area contributed by atoms with Crippen molar-refractivity contribution in [2.75, 3.05) is 19.6 Å². The summed E-state index contributed by atoms with van der Waals surface area (Å²) < 4.78 is 25.1. The first kappa shape index (κ1) is 12.8. The lowest BCUT2D eigenvalue weighted by molar-refractivity contribution is -0.116. The molecule has 1 heterocycles. The molecule has 90 valence electrons. The molecule has 0 aliphatic carbocycles. The molecule has 1 fully saturated rings. The second kappa shape index (κ2) is 5.72. The largest absolute Gasteiger partial charge is 0.390 e. The summed E-state index contributed by atoms with van der Waals surface area (Å²) in [5, 5.41) is 18.8. The fraction of sp³-hybridized carbons (Fsp3) is 1.00. The van der Waals surface area contributed by atoms with Crippen molar-refractivity contribution < 1.29 is 19.0 Å². The molecule has 0 saturated carbocycles. The van der Waals surface area contributed by atoms with Crippen LogP contribution >= 0.6 is 0 Å². The Labute approximate surface area is 88.7 Å². The minimum Gasteiger partial charge on any atom is -0.390 e. The van der Waals surface area contributed by atoms with Gasteiger partial charge < -0.3 is 15.1 Å². The van der Waals surface area contributed by atoms with E-state index >= 15 is 0 Å². The lowest BCUT2D eigenvalue weighted by Gasteiger charge is -2.38. The molecular weight excluding hydrogens is 204 g/mol. The van der Waals surface area contributed by atoms with Gasteiger partial charge in [0.25, 0.3) is 0 Å². The molecule has 0 radical (unpaired) electrons. The molecule has 3 nitrogen and oxygen atoms in total. The number of aliphatic hydroxyl groups is 2. The Hall–Kier alpha value is -0.260. The van der Waals surface area contributed by atoms with Gasteiger partial charge in [-0.25, -0.2) is 8.78 Å². The van der Waals surface area contributed by atoms with Gasteiger partial charge >= 0.3 is 0 Å². The molecule has 15 heavy (non-hydrogen) atoms. The fourth-order valence-electron chi connectivity index (χ4n) is 1.93. The van der Waals surface area contributed by atoms with Gasteiger partial charge in [-0.1, -0.05) is 13.3 Å². The molecule has 0 aromatic rings. The molecule has 0 bridgehead atoms. The standard InChI is InChI=1S/C10H19F2NO2/c1-2-3-4-13-5-7(10(11)12)9(15)8(14)6-13/h7-10,14-15H,2-6H2,1H3/t7-,8?,9+/m0/s1. The average Bonchev–Trinajstić information content (AvgIpc) is 2.19. The van der Waals surface area contributed by atoms with Crippen molar-refractivity contribution >= 4 is 0 Å². The number of hydrogen-bond acceptors (Lipinski definition) is 3. The molecule has 5 heteroatoms. The number of hydrogen-bond donors (Lipinski definition) is 2. The van der Waals surface area contributed by atoms with Crippen LogP contribution in [-0.4, -0.2) is 53.4 Å². The summed E-state index contributed by atoms with van der Waals surface area (Å²) in [5.74, 6) is -1.12. The topological polar surface area (TPSA) is 43.7 Å². The number of rotatable bonds is 4. The number of unbranched alkanes of at least 4 members (excludes halogenated alkanes) is 1. The highest BCUT2D eigenvalue weighted by atomic mass is 19.3. The van der Waals surface area contributed by atoms with Gasteiger partial charge in [-0.2, -0.15) is 0 Å². The lowest BCUT2D eigenvalue weighted by atomic mass is 9.93. The first-order chi connectivity index (χ1) is 7.06. The summed E-state index contributed by atoms with van der Waals surface area (Å²) in [6.45, 7) is 3.21. The minimum atomic E-state index is -2.57. The summed E-state index contributed by atoms with van der Waals surface area (Å²) in [7, 11) is 0. The number of alkyl halides is 2. The molecule has 1 rings (SSSR count). The van der Waals surface area contributed by atoms with Crippen LogP contribution < -0.4 is 0 Å². The zero-order valence-corrected chi connectivity index (χ0v) is 8.94. The first-order valence-electron chi connectivity index (χ1n) is 5.43. The van der Waals surface area contributed by atoms with Gasteiger partial charge in [0.15, 0.2) is 0 Å². The smallest absolute Gasteiger partial charge is 0.245 e. The van der Waals surface area contributed by atoms with E-state index in [0.29, 0.717) is 13.1 Å². The highest BCUT2D eigenvalue weighted by Crippen LogP contribution is 2.23. The monoisotopic (exact) mass is 223 g/mol. The van der Waals surface area contributed by atoms with Crippen LogP contribution in [0, 0.1) is 5.92 Å². The normalized spacial score (nSPS) is 33.6. The van der Waals surface area contributed by atoms with E-state index in [-0.39, 0.29) is 6.54 Å². The van der Waals surface area contributed by atoms with Gasteiger partial charge in [-0.05, 0) is 13.0 Å². The van der Waals surface area contributed by atoms with E-state index in [2.05, 4.69) is 0 Å². The van der Waals surface area contributed by atoms with E-state index < -0.39 is 24.6 Å². The Bertz CT molecular complexity index is 192. The third kappa shape index (κ3) is 3.36. The van der Waals surface area contributed by atoms with Gasteiger partial charge in [0.1, 0.15) is 0 Å². The van der Waals surface area contributed by atoms with Gasteiger partial charge in [-0.15, -0.1) is 0 Å². The molecule has 0 aromatic heterocycles. The van der Waals surface area contributed by atoms with Gasteiger partial charge in [-0.3, -0.25) is 0 Å². The van der Waals surface area contributed by atoms with Crippen LogP contribution in [0.3, 0.4) is 0 Å². The van der Waals surface area contributed by atoms with Gasteiger partial charge in [0.05, 0.1) is 18.1 Å². The van der Waals surface area contributed by atoms with Crippen molar-refractivity contribution in [3.8, 4) is 0 Å². The van der Waals surface area contributed by atoms with Crippen LogP contribution in [0.1, 0.15) is 19.8 Å². The summed E-state index contributed by atoms with van der Waals surface area (Å²) in [4.78, 5) is 1.80. The second-order valence-corrected chi connectivity index (χ2v) is 4.17. The fourth-order valence-corrected chi connectivity index (χ4v) is 1.93. The third-order valence-corrected chi connectivity index (χ3v) is 2.90. The van der Waals surface area contributed by atoms with Gasteiger partial charge in [0.2, 0.25) is 6.43 Å². The predicted octanol–water partition coefficient (Wildman–Crippen LogP) is 0.705. The van der Waals surface area contributed by atoms with E-state index in [1.165, 1.54) is 0 Å². The van der Waals surface area contributed by atoms with Crippen LogP contribution in [0.15, 0.2) is 0 Å². The number of nitrogens with zero attached hydrogens (tertiary/aromatic N) is 1.